The summed E-state index contributed by atoms with van der Waals surface area (Å²) in [5, 5.41) is 8.90. The van der Waals surface area contributed by atoms with Crippen LogP contribution in [0.5, 0.6) is 5.75 Å². The van der Waals surface area contributed by atoms with Gasteiger partial charge in [-0.25, -0.2) is 9.78 Å². The van der Waals surface area contributed by atoms with E-state index in [1.165, 1.54) is 6.20 Å². The number of rotatable bonds is 4. The number of alkyl halides is 3. The second-order valence-electron chi connectivity index (χ2n) is 4.48. The normalized spacial score (nSPS) is 11.3. The van der Waals surface area contributed by atoms with Gasteiger partial charge in [-0.15, -0.1) is 13.2 Å². The summed E-state index contributed by atoms with van der Waals surface area (Å²) in [6.07, 6.45) is -3.02. The molecule has 1 heterocycles. The topological polar surface area (TPSA) is 59.4 Å². The van der Waals surface area contributed by atoms with Crippen LogP contribution in [0.15, 0.2) is 36.5 Å². The average Bonchev–Trinajstić information content (AvgIpc) is 2.45. The first-order valence-corrected chi connectivity index (χ1v) is 6.38. The van der Waals surface area contributed by atoms with Crippen molar-refractivity contribution in [3.63, 3.8) is 0 Å². The number of halogens is 3. The lowest BCUT2D eigenvalue weighted by molar-refractivity contribution is -0.274. The SMILES string of the molecule is CCc1cccc(-c2cnc(C(=O)O)c(OC(F)(F)F)c2)c1. The van der Waals surface area contributed by atoms with Gasteiger partial charge in [-0.2, -0.15) is 0 Å². The Kier molecular flexibility index (Phi) is 4.35. The average molecular weight is 311 g/mol. The van der Waals surface area contributed by atoms with Gasteiger partial charge >= 0.3 is 12.3 Å². The molecule has 1 N–H and O–H groups in total. The lowest BCUT2D eigenvalue weighted by atomic mass is 10.0. The summed E-state index contributed by atoms with van der Waals surface area (Å²) in [6, 6.07) is 8.18. The minimum absolute atomic E-state index is 0.347. The van der Waals surface area contributed by atoms with Crippen LogP contribution < -0.4 is 4.74 Å². The molecule has 0 aliphatic rings. The summed E-state index contributed by atoms with van der Waals surface area (Å²) < 4.78 is 41.0. The first-order chi connectivity index (χ1) is 10.3. The van der Waals surface area contributed by atoms with Gasteiger partial charge in [-0.3, -0.25) is 0 Å². The summed E-state index contributed by atoms with van der Waals surface area (Å²) in [5.74, 6) is -2.42. The third-order valence-corrected chi connectivity index (χ3v) is 2.95. The van der Waals surface area contributed by atoms with Gasteiger partial charge in [-0.05, 0) is 23.6 Å². The van der Waals surface area contributed by atoms with Gasteiger partial charge in [0.15, 0.2) is 11.4 Å². The van der Waals surface area contributed by atoms with E-state index in [1.54, 1.807) is 18.2 Å². The quantitative estimate of drug-likeness (QED) is 0.930. The maximum absolute atomic E-state index is 12.4. The van der Waals surface area contributed by atoms with E-state index in [0.29, 0.717) is 11.1 Å². The highest BCUT2D eigenvalue weighted by atomic mass is 19.4. The molecular weight excluding hydrogens is 299 g/mol. The van der Waals surface area contributed by atoms with Crippen LogP contribution in [0.25, 0.3) is 11.1 Å². The van der Waals surface area contributed by atoms with Gasteiger partial charge in [0.1, 0.15) is 0 Å². The van der Waals surface area contributed by atoms with Crippen LogP contribution in [0.3, 0.4) is 0 Å². The number of nitrogens with zero attached hydrogens (tertiary/aromatic N) is 1. The van der Waals surface area contributed by atoms with Gasteiger partial charge in [0, 0.05) is 11.8 Å². The van der Waals surface area contributed by atoms with Crippen molar-refractivity contribution in [1.29, 1.82) is 0 Å². The Morgan fingerprint density at radius 1 is 1.27 bits per heavy atom. The van der Waals surface area contributed by atoms with E-state index in [9.17, 15) is 18.0 Å². The standard InChI is InChI=1S/C15H12F3NO3/c1-2-9-4-3-5-10(6-9)11-7-12(22-15(16,17)18)13(14(20)21)19-8-11/h3-8H,2H2,1H3,(H,20,21). The summed E-state index contributed by atoms with van der Waals surface area (Å²) in [6.45, 7) is 1.95. The van der Waals surface area contributed by atoms with Crippen molar-refractivity contribution in [2.24, 2.45) is 0 Å². The molecule has 7 heteroatoms. The number of aryl methyl sites for hydroxylation is 1. The monoisotopic (exact) mass is 311 g/mol. The number of carbonyl (C=O) groups is 1. The number of aromatic carboxylic acids is 1. The third kappa shape index (κ3) is 3.75. The molecule has 4 nitrogen and oxygen atoms in total. The van der Waals surface area contributed by atoms with Crippen molar-refractivity contribution in [2.75, 3.05) is 0 Å². The zero-order chi connectivity index (χ0) is 16.3. The first-order valence-electron chi connectivity index (χ1n) is 6.38. The molecule has 0 aliphatic carbocycles. The molecule has 1 aromatic heterocycles. The second-order valence-corrected chi connectivity index (χ2v) is 4.48. The summed E-state index contributed by atoms with van der Waals surface area (Å²) >= 11 is 0. The fraction of sp³-hybridized carbons (Fsp3) is 0.200. The smallest absolute Gasteiger partial charge is 0.476 e. The molecule has 1 aromatic carbocycles. The highest BCUT2D eigenvalue weighted by Gasteiger charge is 2.33. The lowest BCUT2D eigenvalue weighted by Crippen LogP contribution is -2.19. The Balaban J connectivity index is 2.49. The number of ether oxygens (including phenoxy) is 1. The molecule has 116 valence electrons. The van der Waals surface area contributed by atoms with E-state index >= 15 is 0 Å². The van der Waals surface area contributed by atoms with Gasteiger partial charge in [0.05, 0.1) is 0 Å². The molecule has 0 saturated heterocycles. The maximum Gasteiger partial charge on any atom is 0.573 e. The van der Waals surface area contributed by atoms with Crippen LogP contribution in [0.4, 0.5) is 13.2 Å². The second kappa shape index (κ2) is 6.05. The molecule has 0 aliphatic heterocycles. The molecule has 0 radical (unpaired) electrons. The maximum atomic E-state index is 12.4. The minimum Gasteiger partial charge on any atom is -0.476 e. The lowest BCUT2D eigenvalue weighted by Gasteiger charge is -2.12. The number of hydrogen-bond donors (Lipinski definition) is 1. The Bertz CT molecular complexity index is 699. The zero-order valence-corrected chi connectivity index (χ0v) is 11.5. The third-order valence-electron chi connectivity index (χ3n) is 2.95. The van der Waals surface area contributed by atoms with Crippen LogP contribution in [0.1, 0.15) is 23.0 Å². The zero-order valence-electron chi connectivity index (χ0n) is 11.5. The Morgan fingerprint density at radius 3 is 2.59 bits per heavy atom. The van der Waals surface area contributed by atoms with Gasteiger partial charge in [0.25, 0.3) is 0 Å². The van der Waals surface area contributed by atoms with Crippen molar-refractivity contribution in [3.8, 4) is 16.9 Å². The van der Waals surface area contributed by atoms with Crippen LogP contribution in [0.2, 0.25) is 0 Å². The number of carboxylic acid groups (broad SMARTS) is 1. The van der Waals surface area contributed by atoms with Crippen LogP contribution in [-0.4, -0.2) is 22.4 Å². The predicted octanol–water partition coefficient (Wildman–Crippen LogP) is 3.91. The number of carboxylic acids is 1. The fourth-order valence-corrected chi connectivity index (χ4v) is 1.94. The highest BCUT2D eigenvalue weighted by Crippen LogP contribution is 2.30. The minimum atomic E-state index is -4.99. The largest absolute Gasteiger partial charge is 0.573 e. The summed E-state index contributed by atoms with van der Waals surface area (Å²) in [4.78, 5) is 14.5. The van der Waals surface area contributed by atoms with E-state index in [2.05, 4.69) is 9.72 Å². The highest BCUT2D eigenvalue weighted by molar-refractivity contribution is 5.89. The molecule has 0 fully saturated rings. The van der Waals surface area contributed by atoms with Crippen LogP contribution >= 0.6 is 0 Å². The molecule has 0 amide bonds. The molecular formula is C15H12F3NO3. The molecule has 0 saturated carbocycles. The van der Waals surface area contributed by atoms with Gasteiger partial charge < -0.3 is 9.84 Å². The van der Waals surface area contributed by atoms with E-state index < -0.39 is 23.8 Å². The predicted molar refractivity (Wildman–Crippen MR) is 72.7 cm³/mol. The molecule has 2 rings (SSSR count). The number of benzene rings is 1. The van der Waals surface area contributed by atoms with E-state index in [1.807, 2.05) is 13.0 Å². The number of hydrogen-bond acceptors (Lipinski definition) is 3. The Morgan fingerprint density at radius 2 is 2.00 bits per heavy atom. The fourth-order valence-electron chi connectivity index (χ4n) is 1.94. The summed E-state index contributed by atoms with van der Waals surface area (Å²) in [7, 11) is 0. The first kappa shape index (κ1) is 15.8. The number of pyridine rings is 1. The van der Waals surface area contributed by atoms with Crippen molar-refractivity contribution in [1.82, 2.24) is 4.98 Å². The Hall–Kier alpha value is -2.57. The number of aromatic nitrogens is 1. The van der Waals surface area contributed by atoms with Crippen LogP contribution in [0, 0.1) is 0 Å². The molecule has 0 bridgehead atoms. The van der Waals surface area contributed by atoms with E-state index in [0.717, 1.165) is 18.1 Å². The molecule has 0 unspecified atom stereocenters. The van der Waals surface area contributed by atoms with Gasteiger partial charge in [-0.1, -0.05) is 31.2 Å². The molecule has 0 spiro atoms. The molecule has 22 heavy (non-hydrogen) atoms. The van der Waals surface area contributed by atoms with Crippen molar-refractivity contribution >= 4 is 5.97 Å². The van der Waals surface area contributed by atoms with Crippen LogP contribution in [-0.2, 0) is 6.42 Å². The van der Waals surface area contributed by atoms with Crippen molar-refractivity contribution in [2.45, 2.75) is 19.7 Å². The van der Waals surface area contributed by atoms with Gasteiger partial charge in [0.2, 0.25) is 0 Å². The van der Waals surface area contributed by atoms with Crippen molar-refractivity contribution in [3.05, 3.63) is 47.8 Å². The molecule has 2 aromatic rings. The summed E-state index contributed by atoms with van der Waals surface area (Å²) in [5.41, 5.74) is 1.20. The molecule has 0 atom stereocenters. The van der Waals surface area contributed by atoms with E-state index in [4.69, 9.17) is 5.11 Å². The Labute approximate surface area is 124 Å². The van der Waals surface area contributed by atoms with E-state index in [-0.39, 0.29) is 0 Å². The van der Waals surface area contributed by atoms with Crippen molar-refractivity contribution < 1.29 is 27.8 Å².